The summed E-state index contributed by atoms with van der Waals surface area (Å²) >= 11 is 0. The molecule has 1 aromatic rings. The normalized spacial score (nSPS) is 20.2. The second-order valence-corrected chi connectivity index (χ2v) is 3.84. The predicted molar refractivity (Wildman–Crippen MR) is 51.5 cm³/mol. The van der Waals surface area contributed by atoms with Gasteiger partial charge in [-0.3, -0.25) is 14.5 Å². The first-order valence-corrected chi connectivity index (χ1v) is 4.86. The zero-order chi connectivity index (χ0) is 12.7. The van der Waals surface area contributed by atoms with Gasteiger partial charge in [-0.05, 0) is 6.07 Å². The van der Waals surface area contributed by atoms with E-state index in [0.29, 0.717) is 12.1 Å². The molecule has 3 nitrogen and oxygen atoms in total. The van der Waals surface area contributed by atoms with E-state index in [4.69, 9.17) is 0 Å². The molecule has 1 saturated heterocycles. The van der Waals surface area contributed by atoms with Crippen LogP contribution >= 0.6 is 0 Å². The Hall–Kier alpha value is -1.85. The van der Waals surface area contributed by atoms with Gasteiger partial charge in [-0.15, -0.1) is 0 Å². The molecule has 1 fully saturated rings. The fraction of sp³-hybridized carbons (Fsp3) is 0.273. The highest BCUT2D eigenvalue weighted by Crippen LogP contribution is 2.31. The van der Waals surface area contributed by atoms with Crippen molar-refractivity contribution in [2.45, 2.75) is 12.3 Å². The Labute approximate surface area is 94.8 Å². The van der Waals surface area contributed by atoms with Gasteiger partial charge in [0.05, 0.1) is 5.92 Å². The van der Waals surface area contributed by atoms with Gasteiger partial charge in [-0.25, -0.2) is 13.2 Å². The van der Waals surface area contributed by atoms with E-state index in [1.54, 1.807) is 0 Å². The summed E-state index contributed by atoms with van der Waals surface area (Å²) in [5, 5.41) is 0. The highest BCUT2D eigenvalue weighted by molar-refractivity contribution is 6.05. The second kappa shape index (κ2) is 3.87. The van der Waals surface area contributed by atoms with E-state index in [1.165, 1.54) is 7.05 Å². The lowest BCUT2D eigenvalue weighted by Gasteiger charge is -2.10. The fourth-order valence-electron chi connectivity index (χ4n) is 1.80. The number of nitrogens with zero attached hydrogens (tertiary/aromatic N) is 1. The van der Waals surface area contributed by atoms with E-state index in [2.05, 4.69) is 0 Å². The topological polar surface area (TPSA) is 37.4 Å². The van der Waals surface area contributed by atoms with Crippen LogP contribution in [-0.4, -0.2) is 23.8 Å². The minimum absolute atomic E-state index is 0.225. The van der Waals surface area contributed by atoms with Gasteiger partial charge in [-0.2, -0.15) is 0 Å². The third-order valence-corrected chi connectivity index (χ3v) is 2.80. The fourth-order valence-corrected chi connectivity index (χ4v) is 1.80. The van der Waals surface area contributed by atoms with Crippen LogP contribution in [0.1, 0.15) is 17.9 Å². The standard InChI is InChI=1S/C11H8F3NO2/c1-15-10(16)3-6(11(15)17)5-2-8(13)9(14)4-7(5)12/h2,4,6H,3H2,1H3. The van der Waals surface area contributed by atoms with Crippen LogP contribution in [0.15, 0.2) is 12.1 Å². The lowest BCUT2D eigenvalue weighted by atomic mass is 9.97. The number of hydrogen-bond acceptors (Lipinski definition) is 2. The number of imide groups is 1. The number of hydrogen-bond donors (Lipinski definition) is 0. The highest BCUT2D eigenvalue weighted by atomic mass is 19.2. The highest BCUT2D eigenvalue weighted by Gasteiger charge is 2.38. The Morgan fingerprint density at radius 1 is 1.12 bits per heavy atom. The third-order valence-electron chi connectivity index (χ3n) is 2.80. The van der Waals surface area contributed by atoms with Gasteiger partial charge >= 0.3 is 0 Å². The molecule has 90 valence electrons. The van der Waals surface area contributed by atoms with Gasteiger partial charge in [0.2, 0.25) is 11.8 Å². The summed E-state index contributed by atoms with van der Waals surface area (Å²) in [6.07, 6.45) is -0.225. The van der Waals surface area contributed by atoms with Crippen molar-refractivity contribution in [2.24, 2.45) is 0 Å². The summed E-state index contributed by atoms with van der Waals surface area (Å²) in [6.45, 7) is 0. The van der Waals surface area contributed by atoms with Crippen LogP contribution in [0.2, 0.25) is 0 Å². The molecule has 1 atom stereocenters. The monoisotopic (exact) mass is 243 g/mol. The predicted octanol–water partition coefficient (Wildman–Crippen LogP) is 1.58. The molecule has 1 aliphatic heterocycles. The molecular formula is C11H8F3NO2. The minimum atomic E-state index is -1.32. The average molecular weight is 243 g/mol. The number of likely N-dealkylation sites (N-methyl/N-ethyl adjacent to an activating group) is 1. The van der Waals surface area contributed by atoms with E-state index >= 15 is 0 Å². The molecule has 0 aromatic heterocycles. The molecule has 2 amide bonds. The third kappa shape index (κ3) is 1.79. The van der Waals surface area contributed by atoms with Crippen molar-refractivity contribution in [1.82, 2.24) is 4.90 Å². The molecule has 0 radical (unpaired) electrons. The summed E-state index contributed by atoms with van der Waals surface area (Å²) < 4.78 is 39.1. The van der Waals surface area contributed by atoms with E-state index in [0.717, 1.165) is 4.90 Å². The van der Waals surface area contributed by atoms with Crippen molar-refractivity contribution in [3.63, 3.8) is 0 Å². The minimum Gasteiger partial charge on any atom is -0.285 e. The zero-order valence-corrected chi connectivity index (χ0v) is 8.84. The van der Waals surface area contributed by atoms with Crippen LogP contribution < -0.4 is 0 Å². The molecule has 0 aliphatic carbocycles. The molecule has 0 bridgehead atoms. The van der Waals surface area contributed by atoms with Crippen molar-refractivity contribution in [3.8, 4) is 0 Å². The van der Waals surface area contributed by atoms with Crippen LogP contribution in [0.4, 0.5) is 13.2 Å². The van der Waals surface area contributed by atoms with Crippen LogP contribution in [0.25, 0.3) is 0 Å². The maximum Gasteiger partial charge on any atom is 0.237 e. The number of likely N-dealkylation sites (tertiary alicyclic amines) is 1. The van der Waals surface area contributed by atoms with Crippen LogP contribution in [0.5, 0.6) is 0 Å². The number of halogens is 3. The van der Waals surface area contributed by atoms with Crippen molar-refractivity contribution in [2.75, 3.05) is 7.05 Å². The molecule has 1 heterocycles. The molecule has 0 spiro atoms. The molecule has 0 N–H and O–H groups in total. The Kier molecular flexibility index (Phi) is 2.65. The molecule has 6 heteroatoms. The summed E-state index contributed by atoms with van der Waals surface area (Å²) in [4.78, 5) is 23.7. The van der Waals surface area contributed by atoms with E-state index < -0.39 is 35.2 Å². The SMILES string of the molecule is CN1C(=O)CC(c2cc(F)c(F)cc2F)C1=O. The summed E-state index contributed by atoms with van der Waals surface area (Å²) in [5.74, 6) is -5.73. The van der Waals surface area contributed by atoms with Crippen LogP contribution in [-0.2, 0) is 9.59 Å². The average Bonchev–Trinajstić information content (AvgIpc) is 2.51. The van der Waals surface area contributed by atoms with Gasteiger partial charge in [0.25, 0.3) is 0 Å². The second-order valence-electron chi connectivity index (χ2n) is 3.84. The molecule has 17 heavy (non-hydrogen) atoms. The van der Waals surface area contributed by atoms with E-state index in [1.807, 2.05) is 0 Å². The first-order chi connectivity index (χ1) is 7.91. The van der Waals surface area contributed by atoms with Gasteiger partial charge in [-0.1, -0.05) is 0 Å². The molecule has 1 unspecified atom stereocenters. The molecular weight excluding hydrogens is 235 g/mol. The Bertz CT molecular complexity index is 516. The molecule has 0 saturated carbocycles. The molecule has 1 aromatic carbocycles. The number of rotatable bonds is 1. The van der Waals surface area contributed by atoms with Gasteiger partial charge in [0.15, 0.2) is 11.6 Å². The quantitative estimate of drug-likeness (QED) is 0.554. The van der Waals surface area contributed by atoms with Gasteiger partial charge in [0, 0.05) is 25.1 Å². The Morgan fingerprint density at radius 3 is 2.24 bits per heavy atom. The van der Waals surface area contributed by atoms with Gasteiger partial charge < -0.3 is 0 Å². The largest absolute Gasteiger partial charge is 0.285 e. The number of carbonyl (C=O) groups excluding carboxylic acids is 2. The van der Waals surface area contributed by atoms with Crippen LogP contribution in [0.3, 0.4) is 0 Å². The first-order valence-electron chi connectivity index (χ1n) is 4.86. The number of carbonyl (C=O) groups is 2. The summed E-state index contributed by atoms with van der Waals surface area (Å²) in [7, 11) is 1.27. The molecule has 2 rings (SSSR count). The maximum atomic E-state index is 13.4. The van der Waals surface area contributed by atoms with Crippen molar-refractivity contribution >= 4 is 11.8 Å². The smallest absolute Gasteiger partial charge is 0.237 e. The zero-order valence-electron chi connectivity index (χ0n) is 8.84. The summed E-state index contributed by atoms with van der Waals surface area (Å²) in [6, 6.07) is 1.00. The maximum absolute atomic E-state index is 13.4. The number of benzene rings is 1. The Morgan fingerprint density at radius 2 is 1.71 bits per heavy atom. The van der Waals surface area contributed by atoms with E-state index in [9.17, 15) is 22.8 Å². The van der Waals surface area contributed by atoms with Gasteiger partial charge in [0.1, 0.15) is 5.82 Å². The van der Waals surface area contributed by atoms with Crippen molar-refractivity contribution < 1.29 is 22.8 Å². The summed E-state index contributed by atoms with van der Waals surface area (Å²) in [5.41, 5.74) is -0.286. The van der Waals surface area contributed by atoms with E-state index in [-0.39, 0.29) is 12.0 Å². The van der Waals surface area contributed by atoms with Crippen molar-refractivity contribution in [1.29, 1.82) is 0 Å². The molecule has 1 aliphatic rings. The lowest BCUT2D eigenvalue weighted by Crippen LogP contribution is -2.25. The number of amides is 2. The van der Waals surface area contributed by atoms with Crippen molar-refractivity contribution in [3.05, 3.63) is 35.1 Å². The van der Waals surface area contributed by atoms with Crippen LogP contribution in [0, 0.1) is 17.5 Å². The lowest BCUT2D eigenvalue weighted by molar-refractivity contribution is -0.137. The Balaban J connectivity index is 2.45. The first kappa shape index (κ1) is 11.6.